The molecule has 0 unspecified atom stereocenters. The first-order chi connectivity index (χ1) is 18.4. The summed E-state index contributed by atoms with van der Waals surface area (Å²) in [5.74, 6) is 0.682. The number of likely N-dealkylation sites (N-methyl/N-ethyl adjacent to an activating group) is 1. The number of anilines is 1. The maximum atomic E-state index is 12.7. The molecule has 1 fully saturated rings. The van der Waals surface area contributed by atoms with Crippen molar-refractivity contribution in [3.63, 3.8) is 0 Å². The SMILES string of the molecule is CCCN(C(=S)NC(=O)c1ccccc1)c1cc(-c2ccc(OCCN3CCN(C)CC3)cc2)ccc1C. The van der Waals surface area contributed by atoms with Crippen LogP contribution in [-0.4, -0.2) is 73.7 Å². The van der Waals surface area contributed by atoms with Crippen LogP contribution in [0.3, 0.4) is 0 Å². The number of nitrogens with one attached hydrogen (secondary N) is 1. The summed E-state index contributed by atoms with van der Waals surface area (Å²) in [5.41, 5.74) is 4.88. The van der Waals surface area contributed by atoms with Gasteiger partial charge < -0.3 is 14.5 Å². The van der Waals surface area contributed by atoms with Crippen molar-refractivity contribution < 1.29 is 9.53 Å². The Morgan fingerprint density at radius 3 is 2.34 bits per heavy atom. The summed E-state index contributed by atoms with van der Waals surface area (Å²) >= 11 is 5.70. The Hall–Kier alpha value is -3.26. The third kappa shape index (κ3) is 7.40. The lowest BCUT2D eigenvalue weighted by Crippen LogP contribution is -2.45. The molecule has 1 heterocycles. The number of nitrogens with zero attached hydrogens (tertiary/aromatic N) is 3. The first kappa shape index (κ1) is 27.8. The maximum Gasteiger partial charge on any atom is 0.257 e. The van der Waals surface area contributed by atoms with Crippen LogP contribution in [0.1, 0.15) is 29.3 Å². The van der Waals surface area contributed by atoms with E-state index in [2.05, 4.69) is 66.3 Å². The Balaban J connectivity index is 1.42. The molecule has 0 saturated carbocycles. The smallest absolute Gasteiger partial charge is 0.257 e. The van der Waals surface area contributed by atoms with Crippen molar-refractivity contribution in [2.24, 2.45) is 0 Å². The minimum absolute atomic E-state index is 0.200. The molecule has 7 heteroatoms. The minimum Gasteiger partial charge on any atom is -0.492 e. The molecule has 4 rings (SSSR count). The highest BCUT2D eigenvalue weighted by Crippen LogP contribution is 2.29. The van der Waals surface area contributed by atoms with Crippen molar-refractivity contribution in [1.29, 1.82) is 0 Å². The molecular formula is C31H38N4O2S. The van der Waals surface area contributed by atoms with Crippen LogP contribution < -0.4 is 15.0 Å². The lowest BCUT2D eigenvalue weighted by molar-refractivity contribution is 0.0977. The molecule has 0 radical (unpaired) electrons. The van der Waals surface area contributed by atoms with E-state index in [0.29, 0.717) is 23.8 Å². The van der Waals surface area contributed by atoms with E-state index in [9.17, 15) is 4.79 Å². The Morgan fingerprint density at radius 2 is 1.66 bits per heavy atom. The summed E-state index contributed by atoms with van der Waals surface area (Å²) in [5, 5.41) is 3.32. The summed E-state index contributed by atoms with van der Waals surface area (Å²) in [6, 6.07) is 23.8. The van der Waals surface area contributed by atoms with Crippen molar-refractivity contribution in [2.45, 2.75) is 20.3 Å². The van der Waals surface area contributed by atoms with Crippen molar-refractivity contribution in [3.05, 3.63) is 83.9 Å². The van der Waals surface area contributed by atoms with Gasteiger partial charge in [0.05, 0.1) is 0 Å². The number of piperazine rings is 1. The summed E-state index contributed by atoms with van der Waals surface area (Å²) in [6.07, 6.45) is 0.894. The van der Waals surface area contributed by atoms with Gasteiger partial charge in [-0.3, -0.25) is 15.0 Å². The normalized spacial score (nSPS) is 14.2. The van der Waals surface area contributed by atoms with Gasteiger partial charge in [0, 0.05) is 50.5 Å². The number of benzene rings is 3. The largest absolute Gasteiger partial charge is 0.492 e. The monoisotopic (exact) mass is 530 g/mol. The number of amides is 1. The molecule has 0 spiro atoms. The molecule has 6 nitrogen and oxygen atoms in total. The van der Waals surface area contributed by atoms with Gasteiger partial charge >= 0.3 is 0 Å². The number of hydrogen-bond donors (Lipinski definition) is 1. The van der Waals surface area contributed by atoms with E-state index in [1.165, 1.54) is 0 Å². The molecule has 1 aliphatic heterocycles. The second-order valence-corrected chi connectivity index (χ2v) is 10.2. The molecule has 1 N–H and O–H groups in total. The molecule has 38 heavy (non-hydrogen) atoms. The molecule has 0 bridgehead atoms. The van der Waals surface area contributed by atoms with E-state index < -0.39 is 0 Å². The zero-order valence-corrected chi connectivity index (χ0v) is 23.5. The highest BCUT2D eigenvalue weighted by atomic mass is 32.1. The predicted molar refractivity (Wildman–Crippen MR) is 160 cm³/mol. The van der Waals surface area contributed by atoms with Crippen molar-refractivity contribution in [1.82, 2.24) is 15.1 Å². The van der Waals surface area contributed by atoms with Gasteiger partial charge in [0.25, 0.3) is 5.91 Å². The van der Waals surface area contributed by atoms with Crippen molar-refractivity contribution >= 4 is 28.9 Å². The van der Waals surface area contributed by atoms with Crippen LogP contribution in [0.25, 0.3) is 11.1 Å². The summed E-state index contributed by atoms with van der Waals surface area (Å²) in [7, 11) is 2.17. The number of hydrogen-bond acceptors (Lipinski definition) is 5. The van der Waals surface area contributed by atoms with E-state index in [1.807, 2.05) is 35.2 Å². The van der Waals surface area contributed by atoms with Gasteiger partial charge in [-0.05, 0) is 79.6 Å². The van der Waals surface area contributed by atoms with Crippen LogP contribution >= 0.6 is 12.2 Å². The lowest BCUT2D eigenvalue weighted by Gasteiger charge is -2.32. The molecule has 1 aliphatic rings. The minimum atomic E-state index is -0.200. The van der Waals surface area contributed by atoms with E-state index in [4.69, 9.17) is 17.0 Å². The predicted octanol–water partition coefficient (Wildman–Crippen LogP) is 5.22. The zero-order valence-electron chi connectivity index (χ0n) is 22.7. The Morgan fingerprint density at radius 1 is 0.974 bits per heavy atom. The number of carbonyl (C=O) groups is 1. The van der Waals surface area contributed by atoms with E-state index in [-0.39, 0.29) is 5.91 Å². The maximum absolute atomic E-state index is 12.7. The first-order valence-corrected chi connectivity index (χ1v) is 13.8. The summed E-state index contributed by atoms with van der Waals surface area (Å²) in [4.78, 5) is 19.6. The molecule has 3 aromatic carbocycles. The Kier molecular flexibility index (Phi) is 9.87. The standard InChI is InChI=1S/C31H38N4O2S/c1-4-16-35(31(38)32-30(36)26-8-6-5-7-9-26)29-23-27(11-10-24(29)2)25-12-14-28(15-13-25)37-22-21-34-19-17-33(3)18-20-34/h5-15,23H,4,16-22H2,1-3H3,(H,32,36,38). The van der Waals surface area contributed by atoms with Gasteiger partial charge in [-0.25, -0.2) is 0 Å². The van der Waals surface area contributed by atoms with E-state index in [0.717, 1.165) is 67.3 Å². The summed E-state index contributed by atoms with van der Waals surface area (Å²) < 4.78 is 6.02. The van der Waals surface area contributed by atoms with Crippen molar-refractivity contribution in [3.8, 4) is 16.9 Å². The molecule has 0 aromatic heterocycles. The molecular weight excluding hydrogens is 492 g/mol. The van der Waals surface area contributed by atoms with Crippen LogP contribution in [0.4, 0.5) is 5.69 Å². The fourth-order valence-corrected chi connectivity index (χ4v) is 4.85. The number of thiocarbonyl (C=S) groups is 1. The van der Waals surface area contributed by atoms with Gasteiger partial charge in [-0.2, -0.15) is 0 Å². The van der Waals surface area contributed by atoms with E-state index >= 15 is 0 Å². The van der Waals surface area contributed by atoms with Gasteiger partial charge in [0.2, 0.25) is 0 Å². The topological polar surface area (TPSA) is 48.1 Å². The molecule has 1 saturated heterocycles. The fourth-order valence-electron chi connectivity index (χ4n) is 4.57. The zero-order chi connectivity index (χ0) is 26.9. The number of carbonyl (C=O) groups excluding carboxylic acids is 1. The van der Waals surface area contributed by atoms with Gasteiger partial charge in [0.1, 0.15) is 12.4 Å². The van der Waals surface area contributed by atoms with Crippen LogP contribution in [0.5, 0.6) is 5.75 Å². The Bertz CT molecular complexity index is 1210. The molecule has 0 atom stereocenters. The van der Waals surface area contributed by atoms with Crippen LogP contribution in [0, 0.1) is 6.92 Å². The number of aryl methyl sites for hydroxylation is 1. The average Bonchev–Trinajstić information content (AvgIpc) is 2.94. The first-order valence-electron chi connectivity index (χ1n) is 13.4. The third-order valence-corrected chi connectivity index (χ3v) is 7.23. The number of rotatable bonds is 9. The van der Waals surface area contributed by atoms with Crippen LogP contribution in [0.15, 0.2) is 72.8 Å². The highest BCUT2D eigenvalue weighted by Gasteiger charge is 2.18. The summed E-state index contributed by atoms with van der Waals surface area (Å²) in [6.45, 7) is 11.0. The van der Waals surface area contributed by atoms with Gasteiger partial charge in [-0.1, -0.05) is 49.4 Å². The lowest BCUT2D eigenvalue weighted by atomic mass is 10.0. The Labute approximate surface area is 232 Å². The van der Waals surface area contributed by atoms with Gasteiger partial charge in [-0.15, -0.1) is 0 Å². The van der Waals surface area contributed by atoms with E-state index in [1.54, 1.807) is 12.1 Å². The second-order valence-electron chi connectivity index (χ2n) is 9.80. The van der Waals surface area contributed by atoms with Crippen LogP contribution in [-0.2, 0) is 0 Å². The highest BCUT2D eigenvalue weighted by molar-refractivity contribution is 7.80. The second kappa shape index (κ2) is 13.5. The van der Waals surface area contributed by atoms with Crippen molar-refractivity contribution in [2.75, 3.05) is 57.8 Å². The number of ether oxygens (including phenoxy) is 1. The molecule has 3 aromatic rings. The quantitative estimate of drug-likeness (QED) is 0.383. The fraction of sp³-hybridized carbons (Fsp3) is 0.355. The van der Waals surface area contributed by atoms with Gasteiger partial charge in [0.15, 0.2) is 5.11 Å². The molecule has 0 aliphatic carbocycles. The van der Waals surface area contributed by atoms with Crippen LogP contribution in [0.2, 0.25) is 0 Å². The molecule has 200 valence electrons. The average molecular weight is 531 g/mol. The molecule has 1 amide bonds. The third-order valence-electron chi connectivity index (χ3n) is 6.91.